The molecule has 0 aromatic carbocycles. The van der Waals surface area contributed by atoms with Gasteiger partial charge in [0, 0.05) is 19.2 Å². The summed E-state index contributed by atoms with van der Waals surface area (Å²) in [6.07, 6.45) is 6.19. The molecule has 2 atom stereocenters. The van der Waals surface area contributed by atoms with Crippen LogP contribution < -0.4 is 0 Å². The highest BCUT2D eigenvalue weighted by molar-refractivity contribution is 5.87. The lowest BCUT2D eigenvalue weighted by Gasteiger charge is -2.22. The smallest absolute Gasteiger partial charge is 0.156 e. The zero-order chi connectivity index (χ0) is 13.5. The monoisotopic (exact) mass is 258 g/mol. The molecule has 1 fully saturated rings. The molecule has 2 heterocycles. The predicted octanol–water partition coefficient (Wildman–Crippen LogP) is 2.61. The van der Waals surface area contributed by atoms with Crippen LogP contribution in [0.1, 0.15) is 43.7 Å². The summed E-state index contributed by atoms with van der Waals surface area (Å²) in [6.45, 7) is 0.792. The second-order valence-electron chi connectivity index (χ2n) is 4.81. The Morgan fingerprint density at radius 3 is 3.05 bits per heavy atom. The van der Waals surface area contributed by atoms with Crippen LogP contribution in [0.15, 0.2) is 24.4 Å². The minimum Gasteiger partial charge on any atom is -0.378 e. The Balaban J connectivity index is 1.89. The van der Waals surface area contributed by atoms with E-state index in [2.05, 4.69) is 11.1 Å². The van der Waals surface area contributed by atoms with E-state index in [4.69, 9.17) is 10.00 Å². The third-order valence-electron chi connectivity index (χ3n) is 3.42. The minimum absolute atomic E-state index is 0.0598. The van der Waals surface area contributed by atoms with Crippen molar-refractivity contribution in [2.75, 3.05) is 6.61 Å². The van der Waals surface area contributed by atoms with E-state index in [0.717, 1.165) is 19.4 Å². The molecule has 1 aromatic heterocycles. The summed E-state index contributed by atoms with van der Waals surface area (Å²) in [6, 6.07) is 7.35. The van der Waals surface area contributed by atoms with Gasteiger partial charge in [0.05, 0.1) is 17.9 Å². The van der Waals surface area contributed by atoms with Gasteiger partial charge in [-0.25, -0.2) is 0 Å². The molecule has 1 aromatic rings. The van der Waals surface area contributed by atoms with Crippen molar-refractivity contribution in [2.45, 2.75) is 44.1 Å². The molecule has 2 unspecified atom stereocenters. The average Bonchev–Trinajstić information content (AvgIpc) is 2.48. The summed E-state index contributed by atoms with van der Waals surface area (Å²) in [5.74, 6) is -0.805. The third kappa shape index (κ3) is 3.87. The number of carbonyl (C=O) groups excluding carboxylic acids is 1. The van der Waals surface area contributed by atoms with Crippen LogP contribution >= 0.6 is 0 Å². The quantitative estimate of drug-likeness (QED) is 0.814. The van der Waals surface area contributed by atoms with Gasteiger partial charge in [0.1, 0.15) is 5.92 Å². The number of carbonyl (C=O) groups is 1. The summed E-state index contributed by atoms with van der Waals surface area (Å²) in [4.78, 5) is 16.2. The van der Waals surface area contributed by atoms with E-state index in [1.54, 1.807) is 24.4 Å². The van der Waals surface area contributed by atoms with Crippen molar-refractivity contribution in [1.82, 2.24) is 4.98 Å². The van der Waals surface area contributed by atoms with E-state index in [9.17, 15) is 4.79 Å². The highest BCUT2D eigenvalue weighted by atomic mass is 16.5. The topological polar surface area (TPSA) is 63.0 Å². The van der Waals surface area contributed by atoms with Gasteiger partial charge in [-0.1, -0.05) is 6.07 Å². The molecule has 100 valence electrons. The van der Waals surface area contributed by atoms with Gasteiger partial charge in [0.15, 0.2) is 5.78 Å². The number of hydrogen-bond donors (Lipinski definition) is 0. The fraction of sp³-hybridized carbons (Fsp3) is 0.533. The molecule has 0 bridgehead atoms. The summed E-state index contributed by atoms with van der Waals surface area (Å²) in [5.41, 5.74) is 0.541. The van der Waals surface area contributed by atoms with Gasteiger partial charge in [-0.15, -0.1) is 0 Å². The molecule has 0 radical (unpaired) electrons. The van der Waals surface area contributed by atoms with Crippen LogP contribution in [-0.4, -0.2) is 23.5 Å². The van der Waals surface area contributed by atoms with Crippen LogP contribution in [0.5, 0.6) is 0 Å². The first-order valence-corrected chi connectivity index (χ1v) is 6.76. The van der Waals surface area contributed by atoms with Gasteiger partial charge < -0.3 is 4.74 Å². The normalized spacial score (nSPS) is 20.5. The Morgan fingerprint density at radius 2 is 2.42 bits per heavy atom. The van der Waals surface area contributed by atoms with Crippen LogP contribution in [0, 0.1) is 11.3 Å². The summed E-state index contributed by atoms with van der Waals surface area (Å²) < 4.78 is 5.60. The van der Waals surface area contributed by atoms with Crippen molar-refractivity contribution in [3.05, 3.63) is 30.1 Å². The highest BCUT2D eigenvalue weighted by Crippen LogP contribution is 2.21. The number of rotatable bonds is 5. The number of nitrogens with zero attached hydrogens (tertiary/aromatic N) is 2. The molecule has 1 aliphatic rings. The van der Waals surface area contributed by atoms with E-state index in [-0.39, 0.29) is 11.9 Å². The molecular formula is C15H18N2O2. The third-order valence-corrected chi connectivity index (χ3v) is 3.42. The highest BCUT2D eigenvalue weighted by Gasteiger charge is 2.23. The van der Waals surface area contributed by atoms with E-state index in [1.165, 1.54) is 6.42 Å². The van der Waals surface area contributed by atoms with E-state index >= 15 is 0 Å². The number of nitriles is 1. The Hall–Kier alpha value is -1.73. The number of ether oxygens (including phenoxy) is 1. The predicted molar refractivity (Wildman–Crippen MR) is 70.4 cm³/mol. The number of ketones is 1. The molecular weight excluding hydrogens is 240 g/mol. The van der Waals surface area contributed by atoms with Crippen molar-refractivity contribution in [3.8, 4) is 6.07 Å². The number of pyridine rings is 1. The zero-order valence-electron chi connectivity index (χ0n) is 10.9. The first kappa shape index (κ1) is 13.7. The van der Waals surface area contributed by atoms with Crippen LogP contribution in [-0.2, 0) is 9.53 Å². The Kier molecular flexibility index (Phi) is 5.05. The molecule has 0 aliphatic carbocycles. The van der Waals surface area contributed by atoms with E-state index < -0.39 is 5.92 Å². The van der Waals surface area contributed by atoms with Gasteiger partial charge >= 0.3 is 0 Å². The average molecular weight is 258 g/mol. The van der Waals surface area contributed by atoms with E-state index in [1.807, 2.05) is 0 Å². The first-order chi connectivity index (χ1) is 9.31. The van der Waals surface area contributed by atoms with Crippen LogP contribution in [0.3, 0.4) is 0 Å². The first-order valence-electron chi connectivity index (χ1n) is 6.76. The molecule has 0 amide bonds. The Morgan fingerprint density at radius 1 is 1.53 bits per heavy atom. The van der Waals surface area contributed by atoms with Gasteiger partial charge in [-0.2, -0.15) is 5.26 Å². The van der Waals surface area contributed by atoms with Gasteiger partial charge in [-0.3, -0.25) is 9.78 Å². The van der Waals surface area contributed by atoms with Crippen molar-refractivity contribution in [2.24, 2.45) is 0 Å². The standard InChI is InChI=1S/C15H18N2O2/c16-11-13(14-6-1-3-9-17-14)15(18)8-7-12-5-2-4-10-19-12/h1,3,6,9,12-13H,2,4-5,7-8,10H2. The van der Waals surface area contributed by atoms with Crippen LogP contribution in [0.2, 0.25) is 0 Å². The molecule has 1 saturated heterocycles. The van der Waals surface area contributed by atoms with Crippen molar-refractivity contribution >= 4 is 5.78 Å². The second-order valence-corrected chi connectivity index (χ2v) is 4.81. The Labute approximate surface area is 113 Å². The van der Waals surface area contributed by atoms with Crippen molar-refractivity contribution in [3.63, 3.8) is 0 Å². The number of aromatic nitrogens is 1. The molecule has 2 rings (SSSR count). The summed E-state index contributed by atoms with van der Waals surface area (Å²) in [7, 11) is 0. The zero-order valence-corrected chi connectivity index (χ0v) is 10.9. The molecule has 19 heavy (non-hydrogen) atoms. The summed E-state index contributed by atoms with van der Waals surface area (Å²) in [5, 5.41) is 9.14. The van der Waals surface area contributed by atoms with E-state index in [0.29, 0.717) is 18.5 Å². The van der Waals surface area contributed by atoms with Crippen molar-refractivity contribution < 1.29 is 9.53 Å². The van der Waals surface area contributed by atoms with Gasteiger partial charge in [0.2, 0.25) is 0 Å². The lowest BCUT2D eigenvalue weighted by atomic mass is 9.95. The fourth-order valence-electron chi connectivity index (χ4n) is 2.33. The van der Waals surface area contributed by atoms with Crippen LogP contribution in [0.4, 0.5) is 0 Å². The largest absolute Gasteiger partial charge is 0.378 e. The fourth-order valence-corrected chi connectivity index (χ4v) is 2.33. The maximum Gasteiger partial charge on any atom is 0.156 e. The lowest BCUT2D eigenvalue weighted by Crippen LogP contribution is -2.21. The molecule has 1 aliphatic heterocycles. The summed E-state index contributed by atoms with van der Waals surface area (Å²) >= 11 is 0. The number of hydrogen-bond acceptors (Lipinski definition) is 4. The molecule has 4 heteroatoms. The molecule has 0 N–H and O–H groups in total. The molecule has 4 nitrogen and oxygen atoms in total. The SMILES string of the molecule is N#CC(C(=O)CCC1CCCCO1)c1ccccn1. The minimum atomic E-state index is -0.746. The Bertz CT molecular complexity index is 447. The van der Waals surface area contributed by atoms with Gasteiger partial charge in [-0.05, 0) is 37.8 Å². The maximum absolute atomic E-state index is 12.1. The molecule has 0 saturated carbocycles. The molecule has 0 spiro atoms. The second kappa shape index (κ2) is 7.01. The van der Waals surface area contributed by atoms with Crippen LogP contribution in [0.25, 0.3) is 0 Å². The number of Topliss-reactive ketones (excluding diaryl/α,β-unsaturated/α-hetero) is 1. The van der Waals surface area contributed by atoms with Crippen molar-refractivity contribution in [1.29, 1.82) is 5.26 Å². The van der Waals surface area contributed by atoms with Gasteiger partial charge in [0.25, 0.3) is 0 Å². The lowest BCUT2D eigenvalue weighted by molar-refractivity contribution is -0.120. The maximum atomic E-state index is 12.1.